The molecule has 0 unspecified atom stereocenters. The van der Waals surface area contributed by atoms with Crippen LogP contribution in [0.25, 0.3) is 0 Å². The van der Waals surface area contributed by atoms with Crippen LogP contribution in [0.1, 0.15) is 10.4 Å². The molecule has 0 spiro atoms. The summed E-state index contributed by atoms with van der Waals surface area (Å²) >= 11 is 1.65. The fraction of sp³-hybridized carbons (Fsp3) is 0.133. The summed E-state index contributed by atoms with van der Waals surface area (Å²) in [6.07, 6.45) is 2.00. The lowest BCUT2D eigenvalue weighted by Crippen LogP contribution is -2.14. The summed E-state index contributed by atoms with van der Waals surface area (Å²) in [6.45, 7) is 0. The maximum atomic E-state index is 12.2. The zero-order valence-corrected chi connectivity index (χ0v) is 12.2. The highest BCUT2D eigenvalue weighted by molar-refractivity contribution is 7.98. The summed E-state index contributed by atoms with van der Waals surface area (Å²) in [7, 11) is 1.52. The Balaban J connectivity index is 2.19. The Morgan fingerprint density at radius 1 is 1.20 bits per heavy atom. The lowest BCUT2D eigenvalue weighted by molar-refractivity contribution is 0.102. The Kier molecular flexibility index (Phi) is 4.53. The minimum Gasteiger partial charge on any atom is -0.495 e. The molecule has 0 aromatic heterocycles. The third kappa shape index (κ3) is 3.05. The second kappa shape index (κ2) is 6.34. The first-order chi connectivity index (χ1) is 9.65. The molecule has 3 N–H and O–H groups in total. The molecule has 4 nitrogen and oxygen atoms in total. The first kappa shape index (κ1) is 14.3. The molecule has 1 amide bonds. The first-order valence-corrected chi connectivity index (χ1v) is 7.26. The number of hydrogen-bond acceptors (Lipinski definition) is 4. The van der Waals surface area contributed by atoms with Crippen molar-refractivity contribution < 1.29 is 9.53 Å². The second-order valence-electron chi connectivity index (χ2n) is 4.10. The maximum absolute atomic E-state index is 12.2. The molecule has 20 heavy (non-hydrogen) atoms. The number of rotatable bonds is 4. The molecule has 2 aromatic carbocycles. The van der Waals surface area contributed by atoms with Crippen molar-refractivity contribution in [2.24, 2.45) is 0 Å². The molecule has 0 aliphatic heterocycles. The summed E-state index contributed by atoms with van der Waals surface area (Å²) in [6, 6.07) is 12.8. The number of carbonyl (C=O) groups excluding carboxylic acids is 1. The van der Waals surface area contributed by atoms with E-state index in [2.05, 4.69) is 5.32 Å². The van der Waals surface area contributed by atoms with Crippen molar-refractivity contribution in [3.05, 3.63) is 48.0 Å². The van der Waals surface area contributed by atoms with E-state index >= 15 is 0 Å². The number of nitrogens with one attached hydrogen (secondary N) is 1. The van der Waals surface area contributed by atoms with Crippen LogP contribution in [-0.2, 0) is 0 Å². The zero-order valence-electron chi connectivity index (χ0n) is 11.3. The molecule has 2 rings (SSSR count). The van der Waals surface area contributed by atoms with E-state index in [1.165, 1.54) is 7.11 Å². The molecule has 0 bridgehead atoms. The van der Waals surface area contributed by atoms with E-state index in [0.717, 1.165) is 10.6 Å². The fourth-order valence-corrected chi connectivity index (χ4v) is 2.20. The quantitative estimate of drug-likeness (QED) is 0.669. The molecule has 0 heterocycles. The van der Waals surface area contributed by atoms with Crippen LogP contribution in [0, 0.1) is 0 Å². The van der Waals surface area contributed by atoms with E-state index in [0.29, 0.717) is 17.0 Å². The molecule has 0 atom stereocenters. The van der Waals surface area contributed by atoms with Crippen molar-refractivity contribution >= 4 is 29.0 Å². The van der Waals surface area contributed by atoms with Crippen molar-refractivity contribution in [3.63, 3.8) is 0 Å². The molecular formula is C15H16N2O2S. The highest BCUT2D eigenvalue weighted by Crippen LogP contribution is 2.25. The van der Waals surface area contributed by atoms with Gasteiger partial charge in [0.1, 0.15) is 5.75 Å². The number of carbonyl (C=O) groups is 1. The van der Waals surface area contributed by atoms with E-state index in [1.807, 2.05) is 30.5 Å². The summed E-state index contributed by atoms with van der Waals surface area (Å²) in [4.78, 5) is 13.3. The lowest BCUT2D eigenvalue weighted by Gasteiger charge is -2.10. The number of ether oxygens (including phenoxy) is 1. The Bertz CT molecular complexity index is 612. The third-order valence-corrected chi connectivity index (χ3v) is 3.62. The number of nitrogen functional groups attached to an aromatic ring is 1. The zero-order chi connectivity index (χ0) is 14.5. The van der Waals surface area contributed by atoms with Crippen molar-refractivity contribution in [1.29, 1.82) is 0 Å². The van der Waals surface area contributed by atoms with Crippen LogP contribution >= 0.6 is 11.8 Å². The molecule has 104 valence electrons. The van der Waals surface area contributed by atoms with Crippen LogP contribution in [0.4, 0.5) is 11.4 Å². The number of anilines is 2. The van der Waals surface area contributed by atoms with Crippen molar-refractivity contribution in [1.82, 2.24) is 0 Å². The van der Waals surface area contributed by atoms with E-state index in [1.54, 1.807) is 30.0 Å². The van der Waals surface area contributed by atoms with Crippen LogP contribution in [0.3, 0.4) is 0 Å². The highest BCUT2D eigenvalue weighted by Gasteiger charge is 2.13. The summed E-state index contributed by atoms with van der Waals surface area (Å²) in [5.74, 6) is 0.244. The van der Waals surface area contributed by atoms with Gasteiger partial charge in [0.05, 0.1) is 18.4 Å². The fourth-order valence-electron chi connectivity index (χ4n) is 1.79. The average Bonchev–Trinajstić information content (AvgIpc) is 2.48. The first-order valence-electron chi connectivity index (χ1n) is 6.03. The van der Waals surface area contributed by atoms with Gasteiger partial charge in [0.15, 0.2) is 0 Å². The lowest BCUT2D eigenvalue weighted by atomic mass is 10.1. The monoisotopic (exact) mass is 288 g/mol. The molecule has 0 saturated carbocycles. The predicted octanol–water partition coefficient (Wildman–Crippen LogP) is 3.25. The van der Waals surface area contributed by atoms with Crippen LogP contribution in [-0.4, -0.2) is 19.3 Å². The number of hydrogen-bond donors (Lipinski definition) is 2. The van der Waals surface area contributed by atoms with Gasteiger partial charge >= 0.3 is 0 Å². The number of benzene rings is 2. The predicted molar refractivity (Wildman–Crippen MR) is 83.6 cm³/mol. The van der Waals surface area contributed by atoms with E-state index in [9.17, 15) is 4.79 Å². The van der Waals surface area contributed by atoms with Crippen LogP contribution in [0.2, 0.25) is 0 Å². The molecular weight excluding hydrogens is 272 g/mol. The molecule has 0 saturated heterocycles. The minimum atomic E-state index is -0.252. The van der Waals surface area contributed by atoms with Crippen molar-refractivity contribution in [3.8, 4) is 5.75 Å². The van der Waals surface area contributed by atoms with Gasteiger partial charge in [-0.2, -0.15) is 0 Å². The molecule has 0 aliphatic carbocycles. The molecule has 2 aromatic rings. The molecule has 0 radical (unpaired) electrons. The van der Waals surface area contributed by atoms with Gasteiger partial charge in [-0.1, -0.05) is 6.07 Å². The summed E-state index contributed by atoms with van der Waals surface area (Å²) in [5.41, 5.74) is 7.38. The third-order valence-electron chi connectivity index (χ3n) is 2.88. The smallest absolute Gasteiger partial charge is 0.257 e. The summed E-state index contributed by atoms with van der Waals surface area (Å²) in [5, 5.41) is 2.82. The Labute approximate surface area is 122 Å². The maximum Gasteiger partial charge on any atom is 0.257 e. The normalized spacial score (nSPS) is 10.1. The standard InChI is InChI=1S/C15H16N2O2S/c1-19-13-5-3-4-12(14(13)16)15(18)17-10-6-8-11(20-2)9-7-10/h3-9H,16H2,1-2H3,(H,17,18). The summed E-state index contributed by atoms with van der Waals surface area (Å²) < 4.78 is 5.11. The second-order valence-corrected chi connectivity index (χ2v) is 4.98. The van der Waals surface area contributed by atoms with Crippen LogP contribution in [0.15, 0.2) is 47.4 Å². The van der Waals surface area contributed by atoms with E-state index in [4.69, 9.17) is 10.5 Å². The minimum absolute atomic E-state index is 0.252. The molecule has 0 fully saturated rings. The van der Waals surface area contributed by atoms with Gasteiger partial charge in [-0.15, -0.1) is 11.8 Å². The Morgan fingerprint density at radius 2 is 1.90 bits per heavy atom. The number of nitrogens with two attached hydrogens (primary N) is 1. The average molecular weight is 288 g/mol. The SMILES string of the molecule is COc1cccc(C(=O)Nc2ccc(SC)cc2)c1N. The van der Waals surface area contributed by atoms with Crippen molar-refractivity contribution in [2.75, 3.05) is 24.4 Å². The highest BCUT2D eigenvalue weighted by atomic mass is 32.2. The van der Waals surface area contributed by atoms with Gasteiger partial charge in [0.25, 0.3) is 5.91 Å². The van der Waals surface area contributed by atoms with Gasteiger partial charge in [-0.05, 0) is 42.7 Å². The largest absolute Gasteiger partial charge is 0.495 e. The molecule has 0 aliphatic rings. The van der Waals surface area contributed by atoms with Gasteiger partial charge < -0.3 is 15.8 Å². The Morgan fingerprint density at radius 3 is 2.50 bits per heavy atom. The topological polar surface area (TPSA) is 64.3 Å². The van der Waals surface area contributed by atoms with Gasteiger partial charge in [-0.3, -0.25) is 4.79 Å². The van der Waals surface area contributed by atoms with E-state index < -0.39 is 0 Å². The number of para-hydroxylation sites is 1. The van der Waals surface area contributed by atoms with Gasteiger partial charge in [-0.25, -0.2) is 0 Å². The van der Waals surface area contributed by atoms with Gasteiger partial charge in [0, 0.05) is 10.6 Å². The van der Waals surface area contributed by atoms with Crippen LogP contribution in [0.5, 0.6) is 5.75 Å². The number of amides is 1. The van der Waals surface area contributed by atoms with Crippen molar-refractivity contribution in [2.45, 2.75) is 4.90 Å². The molecule has 5 heteroatoms. The number of methoxy groups -OCH3 is 1. The van der Waals surface area contributed by atoms with Gasteiger partial charge in [0.2, 0.25) is 0 Å². The Hall–Kier alpha value is -2.14. The van der Waals surface area contributed by atoms with E-state index in [-0.39, 0.29) is 5.91 Å². The number of thioether (sulfide) groups is 1. The van der Waals surface area contributed by atoms with Crippen LogP contribution < -0.4 is 15.8 Å².